The van der Waals surface area contributed by atoms with Gasteiger partial charge in [0.1, 0.15) is 0 Å². The molecule has 0 spiro atoms. The molecule has 0 aromatic heterocycles. The lowest BCUT2D eigenvalue weighted by atomic mass is 10.00. The highest BCUT2D eigenvalue weighted by Crippen LogP contribution is 2.16. The highest BCUT2D eigenvalue weighted by molar-refractivity contribution is 7.80. The van der Waals surface area contributed by atoms with Gasteiger partial charge < -0.3 is 4.74 Å². The van der Waals surface area contributed by atoms with Crippen molar-refractivity contribution >= 4 is 17.3 Å². The topological polar surface area (TPSA) is 9.23 Å². The van der Waals surface area contributed by atoms with E-state index in [0.29, 0.717) is 12.5 Å². The van der Waals surface area contributed by atoms with Crippen molar-refractivity contribution in [2.24, 2.45) is 5.92 Å². The summed E-state index contributed by atoms with van der Waals surface area (Å²) in [6, 6.07) is 0. The van der Waals surface area contributed by atoms with Gasteiger partial charge in [-0.25, -0.2) is 0 Å². The molecule has 0 aromatic rings. The van der Waals surface area contributed by atoms with Crippen molar-refractivity contribution in [1.29, 1.82) is 0 Å². The van der Waals surface area contributed by atoms with Gasteiger partial charge in [-0.05, 0) is 70.5 Å². The largest absolute Gasteiger partial charge is 0.487 e. The fraction of sp³-hybridized carbons (Fsp3) is 0.560. The molecule has 0 amide bonds. The van der Waals surface area contributed by atoms with E-state index in [1.807, 2.05) is 6.92 Å². The Kier molecular flexibility index (Phi) is 19.8. The van der Waals surface area contributed by atoms with Crippen LogP contribution in [-0.4, -0.2) is 11.7 Å². The zero-order chi connectivity index (χ0) is 20.0. The van der Waals surface area contributed by atoms with Crippen molar-refractivity contribution in [2.45, 2.75) is 78.6 Å². The fourth-order valence-electron chi connectivity index (χ4n) is 2.61. The lowest BCUT2D eigenvalue weighted by Gasteiger charge is -2.15. The van der Waals surface area contributed by atoms with Crippen LogP contribution in [-0.2, 0) is 4.74 Å². The molecule has 0 bridgehead atoms. The van der Waals surface area contributed by atoms with E-state index >= 15 is 0 Å². The van der Waals surface area contributed by atoms with E-state index < -0.39 is 0 Å². The Labute approximate surface area is 174 Å². The van der Waals surface area contributed by atoms with E-state index in [-0.39, 0.29) is 0 Å². The van der Waals surface area contributed by atoms with Crippen molar-refractivity contribution in [3.63, 3.8) is 0 Å². The van der Waals surface area contributed by atoms with Gasteiger partial charge in [0.2, 0.25) is 0 Å². The standard InChI is InChI=1S/C25H40OS/c1-4-7-8-9-10-11-12-13-14-15-16-17-18-19-20-21-23-24(22-5-2)25(27)26-6-3/h7-8,10-11,13-14,16-17,20-21,24H,4-6,9,12,15,18-19,22-23H2,1-3H3/b8-7-,11-10-,14-13-,17-16-,21-20+. The Bertz CT molecular complexity index is 483. The predicted molar refractivity (Wildman–Crippen MR) is 126 cm³/mol. The summed E-state index contributed by atoms with van der Waals surface area (Å²) in [4.78, 5) is 0. The number of thiocarbonyl (C=S) groups is 1. The van der Waals surface area contributed by atoms with E-state index in [4.69, 9.17) is 17.0 Å². The Morgan fingerprint density at radius 1 is 0.741 bits per heavy atom. The van der Waals surface area contributed by atoms with E-state index in [2.05, 4.69) is 74.6 Å². The van der Waals surface area contributed by atoms with Crippen molar-refractivity contribution < 1.29 is 4.74 Å². The minimum Gasteiger partial charge on any atom is -0.487 e. The quantitative estimate of drug-likeness (QED) is 0.149. The molecule has 0 saturated heterocycles. The van der Waals surface area contributed by atoms with Gasteiger partial charge in [-0.15, -0.1) is 0 Å². The number of ether oxygens (including phenoxy) is 1. The van der Waals surface area contributed by atoms with Crippen LogP contribution < -0.4 is 0 Å². The van der Waals surface area contributed by atoms with Crippen molar-refractivity contribution in [3.8, 4) is 0 Å². The van der Waals surface area contributed by atoms with Gasteiger partial charge in [0.05, 0.1) is 6.61 Å². The minimum absolute atomic E-state index is 0.388. The van der Waals surface area contributed by atoms with Crippen molar-refractivity contribution in [2.75, 3.05) is 6.61 Å². The molecule has 0 aliphatic carbocycles. The maximum atomic E-state index is 5.51. The Morgan fingerprint density at radius 3 is 1.78 bits per heavy atom. The van der Waals surface area contributed by atoms with Crippen LogP contribution in [0.4, 0.5) is 0 Å². The SMILES string of the molecule is CC/C=C\C/C=C\C/C=C\C/C=C\CC/C=C/CC(CCC)C(=S)OCC. The molecule has 0 heterocycles. The van der Waals surface area contributed by atoms with Gasteiger partial charge in [0, 0.05) is 5.92 Å². The smallest absolute Gasteiger partial charge is 0.163 e. The first-order valence-corrected chi connectivity index (χ1v) is 11.1. The first-order valence-electron chi connectivity index (χ1n) is 10.7. The summed E-state index contributed by atoms with van der Waals surface area (Å²) >= 11 is 5.37. The third kappa shape index (κ3) is 17.7. The number of hydrogen-bond acceptors (Lipinski definition) is 2. The average molecular weight is 389 g/mol. The average Bonchev–Trinajstić information content (AvgIpc) is 2.67. The molecule has 152 valence electrons. The van der Waals surface area contributed by atoms with Crippen LogP contribution in [0.1, 0.15) is 78.6 Å². The maximum absolute atomic E-state index is 5.51. The number of rotatable bonds is 16. The fourth-order valence-corrected chi connectivity index (χ4v) is 2.94. The molecule has 0 N–H and O–H groups in total. The summed E-state index contributed by atoms with van der Waals surface area (Å²) in [5.74, 6) is 0.388. The summed E-state index contributed by atoms with van der Waals surface area (Å²) < 4.78 is 5.51. The van der Waals surface area contributed by atoms with Crippen molar-refractivity contribution in [1.82, 2.24) is 0 Å². The second-order valence-corrected chi connectivity index (χ2v) is 6.93. The van der Waals surface area contributed by atoms with Crippen LogP contribution >= 0.6 is 12.2 Å². The molecule has 0 aromatic carbocycles. The molecule has 0 saturated carbocycles. The van der Waals surface area contributed by atoms with Crippen LogP contribution in [0.15, 0.2) is 60.8 Å². The Hall–Kier alpha value is -1.41. The van der Waals surface area contributed by atoms with E-state index in [1.165, 1.54) is 0 Å². The molecule has 27 heavy (non-hydrogen) atoms. The molecule has 0 radical (unpaired) electrons. The predicted octanol–water partition coefficient (Wildman–Crippen LogP) is 8.30. The lowest BCUT2D eigenvalue weighted by molar-refractivity contribution is 0.306. The number of allylic oxidation sites excluding steroid dienone is 10. The summed E-state index contributed by atoms with van der Waals surface area (Å²) in [5.41, 5.74) is 0. The number of hydrogen-bond donors (Lipinski definition) is 0. The van der Waals surface area contributed by atoms with Gasteiger partial charge in [-0.1, -0.05) is 81.0 Å². The molecule has 0 rings (SSSR count). The molecule has 0 aliphatic rings. The molecule has 1 unspecified atom stereocenters. The molecular formula is C25H40OS. The molecule has 0 fully saturated rings. The third-order valence-electron chi connectivity index (χ3n) is 4.06. The highest BCUT2D eigenvalue weighted by Gasteiger charge is 2.12. The molecule has 2 heteroatoms. The van der Waals surface area contributed by atoms with Crippen LogP contribution in [0.3, 0.4) is 0 Å². The van der Waals surface area contributed by atoms with Gasteiger partial charge in [0.15, 0.2) is 5.05 Å². The van der Waals surface area contributed by atoms with Crippen molar-refractivity contribution in [3.05, 3.63) is 60.8 Å². The second-order valence-electron chi connectivity index (χ2n) is 6.52. The highest BCUT2D eigenvalue weighted by atomic mass is 32.1. The van der Waals surface area contributed by atoms with E-state index in [1.54, 1.807) is 0 Å². The number of unbranched alkanes of at least 4 members (excludes halogenated alkanes) is 1. The third-order valence-corrected chi connectivity index (χ3v) is 4.51. The zero-order valence-electron chi connectivity index (χ0n) is 17.7. The summed E-state index contributed by atoms with van der Waals surface area (Å²) in [5, 5.41) is 0.781. The van der Waals surface area contributed by atoms with E-state index in [9.17, 15) is 0 Å². The summed E-state index contributed by atoms with van der Waals surface area (Å²) in [6.45, 7) is 7.03. The second kappa shape index (κ2) is 20.9. The first kappa shape index (κ1) is 25.6. The molecule has 1 nitrogen and oxygen atoms in total. The summed E-state index contributed by atoms with van der Waals surface area (Å²) in [7, 11) is 0. The van der Waals surface area contributed by atoms with Gasteiger partial charge in [-0.2, -0.15) is 0 Å². The normalized spacial score (nSPS) is 13.7. The van der Waals surface area contributed by atoms with Gasteiger partial charge >= 0.3 is 0 Å². The minimum atomic E-state index is 0.388. The van der Waals surface area contributed by atoms with Gasteiger partial charge in [-0.3, -0.25) is 0 Å². The van der Waals surface area contributed by atoms with Crippen LogP contribution in [0, 0.1) is 5.92 Å². The summed E-state index contributed by atoms with van der Waals surface area (Å²) in [6.07, 6.45) is 32.1. The van der Waals surface area contributed by atoms with E-state index in [0.717, 1.165) is 62.8 Å². The van der Waals surface area contributed by atoms with Crippen LogP contribution in [0.5, 0.6) is 0 Å². The van der Waals surface area contributed by atoms with Crippen LogP contribution in [0.25, 0.3) is 0 Å². The first-order chi connectivity index (χ1) is 13.3. The molecule has 0 aliphatic heterocycles. The molecular weight excluding hydrogens is 348 g/mol. The zero-order valence-corrected chi connectivity index (χ0v) is 18.6. The molecule has 1 atom stereocenters. The maximum Gasteiger partial charge on any atom is 0.163 e. The lowest BCUT2D eigenvalue weighted by Crippen LogP contribution is -2.15. The Balaban J connectivity index is 3.78. The Morgan fingerprint density at radius 2 is 1.26 bits per heavy atom. The van der Waals surface area contributed by atoms with Gasteiger partial charge in [0.25, 0.3) is 0 Å². The monoisotopic (exact) mass is 388 g/mol. The van der Waals surface area contributed by atoms with Crippen LogP contribution in [0.2, 0.25) is 0 Å².